The van der Waals surface area contributed by atoms with Gasteiger partial charge in [-0.3, -0.25) is 0 Å². The quantitative estimate of drug-likeness (QED) is 0.530. The van der Waals surface area contributed by atoms with Crippen LogP contribution in [-0.2, 0) is 4.74 Å². The molecule has 2 atom stereocenters. The number of unbranched alkanes of at least 4 members (excludes halogenated alkanes) is 5. The molecule has 0 saturated carbocycles. The van der Waals surface area contributed by atoms with Gasteiger partial charge in [0.15, 0.2) is 0 Å². The van der Waals surface area contributed by atoms with Crippen molar-refractivity contribution < 1.29 is 9.47 Å². The van der Waals surface area contributed by atoms with Crippen molar-refractivity contribution >= 4 is 0 Å². The maximum atomic E-state index is 5.82. The predicted molar refractivity (Wildman–Crippen MR) is 101 cm³/mol. The van der Waals surface area contributed by atoms with E-state index in [4.69, 9.17) is 9.47 Å². The number of nitrogens with one attached hydrogen (secondary N) is 1. The van der Waals surface area contributed by atoms with Crippen LogP contribution in [0.25, 0.3) is 0 Å². The van der Waals surface area contributed by atoms with Crippen molar-refractivity contribution in [2.75, 3.05) is 19.8 Å². The molecule has 0 aromatic heterocycles. The van der Waals surface area contributed by atoms with Crippen LogP contribution in [0.15, 0.2) is 24.3 Å². The van der Waals surface area contributed by atoms with E-state index in [0.29, 0.717) is 12.6 Å². The van der Waals surface area contributed by atoms with Crippen molar-refractivity contribution in [2.24, 2.45) is 0 Å². The highest BCUT2D eigenvalue weighted by Gasteiger charge is 2.16. The lowest BCUT2D eigenvalue weighted by Crippen LogP contribution is -2.20. The molecule has 1 aliphatic rings. The summed E-state index contributed by atoms with van der Waals surface area (Å²) < 4.78 is 11.4. The zero-order chi connectivity index (χ0) is 17.0. The van der Waals surface area contributed by atoms with Crippen LogP contribution in [0.3, 0.4) is 0 Å². The van der Waals surface area contributed by atoms with Gasteiger partial charge in [-0.05, 0) is 50.4 Å². The lowest BCUT2D eigenvalue weighted by atomic mass is 10.1. The summed E-state index contributed by atoms with van der Waals surface area (Å²) in [5, 5.41) is 3.63. The lowest BCUT2D eigenvalue weighted by Gasteiger charge is -2.16. The Morgan fingerprint density at radius 2 is 1.88 bits per heavy atom. The molecule has 1 heterocycles. The number of rotatable bonds is 12. The molecule has 0 aliphatic carbocycles. The van der Waals surface area contributed by atoms with Gasteiger partial charge in [0.05, 0.1) is 6.10 Å². The maximum Gasteiger partial charge on any atom is 0.119 e. The summed E-state index contributed by atoms with van der Waals surface area (Å²) in [4.78, 5) is 0. The van der Waals surface area contributed by atoms with Gasteiger partial charge in [0.2, 0.25) is 0 Å². The maximum absolute atomic E-state index is 5.82. The van der Waals surface area contributed by atoms with Crippen LogP contribution in [-0.4, -0.2) is 25.9 Å². The molecule has 2 rings (SSSR count). The fourth-order valence-corrected chi connectivity index (χ4v) is 3.16. The van der Waals surface area contributed by atoms with E-state index >= 15 is 0 Å². The first-order valence-electron chi connectivity index (χ1n) is 9.87. The van der Waals surface area contributed by atoms with Crippen LogP contribution in [0.5, 0.6) is 5.75 Å². The summed E-state index contributed by atoms with van der Waals surface area (Å²) in [7, 11) is 0. The molecule has 0 amide bonds. The first-order valence-corrected chi connectivity index (χ1v) is 9.87. The van der Waals surface area contributed by atoms with Crippen molar-refractivity contribution in [1.29, 1.82) is 0 Å². The van der Waals surface area contributed by atoms with Crippen LogP contribution in [0.1, 0.15) is 76.8 Å². The van der Waals surface area contributed by atoms with E-state index in [2.05, 4.69) is 43.4 Å². The van der Waals surface area contributed by atoms with E-state index in [1.807, 2.05) is 0 Å². The summed E-state index contributed by atoms with van der Waals surface area (Å²) in [5.74, 6) is 0.942. The number of hydrogen-bond donors (Lipinski definition) is 1. The van der Waals surface area contributed by atoms with Gasteiger partial charge in [-0.2, -0.15) is 0 Å². The van der Waals surface area contributed by atoms with Gasteiger partial charge >= 0.3 is 0 Å². The normalized spacial score (nSPS) is 18.7. The molecule has 1 aromatic carbocycles. The predicted octanol–water partition coefficient (Wildman–Crippen LogP) is 5.26. The van der Waals surface area contributed by atoms with Crippen LogP contribution >= 0.6 is 0 Å². The second-order valence-electron chi connectivity index (χ2n) is 6.96. The molecule has 24 heavy (non-hydrogen) atoms. The van der Waals surface area contributed by atoms with Gasteiger partial charge < -0.3 is 14.8 Å². The molecule has 1 fully saturated rings. The third kappa shape index (κ3) is 7.23. The Morgan fingerprint density at radius 3 is 2.58 bits per heavy atom. The Morgan fingerprint density at radius 1 is 1.12 bits per heavy atom. The minimum Gasteiger partial charge on any atom is -0.491 e. The van der Waals surface area contributed by atoms with E-state index in [-0.39, 0.29) is 6.10 Å². The molecule has 1 aromatic rings. The molecule has 1 aliphatic heterocycles. The highest BCUT2D eigenvalue weighted by molar-refractivity contribution is 5.29. The van der Waals surface area contributed by atoms with Crippen molar-refractivity contribution in [2.45, 2.75) is 77.4 Å². The van der Waals surface area contributed by atoms with Gasteiger partial charge in [0.25, 0.3) is 0 Å². The second-order valence-corrected chi connectivity index (χ2v) is 6.96. The van der Waals surface area contributed by atoms with E-state index < -0.39 is 0 Å². The van der Waals surface area contributed by atoms with Gasteiger partial charge in [-0.1, -0.05) is 51.2 Å². The third-order valence-corrected chi connectivity index (χ3v) is 4.82. The Kier molecular flexibility index (Phi) is 9.22. The monoisotopic (exact) mass is 333 g/mol. The largest absolute Gasteiger partial charge is 0.491 e. The van der Waals surface area contributed by atoms with E-state index in [1.54, 1.807) is 0 Å². The highest BCUT2D eigenvalue weighted by Crippen LogP contribution is 2.19. The van der Waals surface area contributed by atoms with Gasteiger partial charge in [0.1, 0.15) is 12.4 Å². The summed E-state index contributed by atoms with van der Waals surface area (Å²) in [5.41, 5.74) is 1.32. The minimum absolute atomic E-state index is 0.280. The van der Waals surface area contributed by atoms with Crippen molar-refractivity contribution in [3.05, 3.63) is 29.8 Å². The molecule has 3 heteroatoms. The average molecular weight is 334 g/mol. The molecule has 136 valence electrons. The summed E-state index contributed by atoms with van der Waals surface area (Å²) in [6.45, 7) is 7.16. The Bertz CT molecular complexity index is 426. The molecule has 2 unspecified atom stereocenters. The SMILES string of the molecule is CCCCCCCCNC(C)c1ccc(OCC2CCCO2)cc1. The van der Waals surface area contributed by atoms with Crippen LogP contribution in [0.2, 0.25) is 0 Å². The molecule has 1 saturated heterocycles. The molecule has 0 bridgehead atoms. The summed E-state index contributed by atoms with van der Waals surface area (Å²) in [6.07, 6.45) is 10.6. The third-order valence-electron chi connectivity index (χ3n) is 4.82. The van der Waals surface area contributed by atoms with Gasteiger partial charge in [-0.25, -0.2) is 0 Å². The number of benzene rings is 1. The standard InChI is InChI=1S/C21H35NO2/c1-3-4-5-6-7-8-15-22-18(2)19-11-13-20(14-12-19)24-17-21-10-9-16-23-21/h11-14,18,21-22H,3-10,15-17H2,1-2H3. The van der Waals surface area contributed by atoms with Gasteiger partial charge in [0, 0.05) is 12.6 Å². The molecule has 1 N–H and O–H groups in total. The fraction of sp³-hybridized carbons (Fsp3) is 0.714. The Balaban J connectivity index is 1.60. The topological polar surface area (TPSA) is 30.5 Å². The van der Waals surface area contributed by atoms with Crippen LogP contribution in [0, 0.1) is 0 Å². The number of hydrogen-bond acceptors (Lipinski definition) is 3. The van der Waals surface area contributed by atoms with Crippen molar-refractivity contribution in [3.63, 3.8) is 0 Å². The molecule has 3 nitrogen and oxygen atoms in total. The minimum atomic E-state index is 0.280. The highest BCUT2D eigenvalue weighted by atomic mass is 16.5. The van der Waals surface area contributed by atoms with Crippen molar-refractivity contribution in [3.8, 4) is 5.75 Å². The molecule has 0 spiro atoms. The van der Waals surface area contributed by atoms with Crippen molar-refractivity contribution in [1.82, 2.24) is 5.32 Å². The first kappa shape index (κ1) is 19.3. The molecular weight excluding hydrogens is 298 g/mol. The number of ether oxygens (including phenoxy) is 2. The zero-order valence-electron chi connectivity index (χ0n) is 15.6. The van der Waals surface area contributed by atoms with E-state index in [1.165, 1.54) is 44.1 Å². The Labute approximate surface area is 148 Å². The fourth-order valence-electron chi connectivity index (χ4n) is 3.16. The summed E-state index contributed by atoms with van der Waals surface area (Å²) in [6, 6.07) is 8.89. The van der Waals surface area contributed by atoms with E-state index in [0.717, 1.165) is 31.7 Å². The smallest absolute Gasteiger partial charge is 0.119 e. The first-order chi connectivity index (χ1) is 11.8. The van der Waals surface area contributed by atoms with Gasteiger partial charge in [-0.15, -0.1) is 0 Å². The average Bonchev–Trinajstić information content (AvgIpc) is 3.13. The molecule has 0 radical (unpaired) electrons. The second kappa shape index (κ2) is 11.5. The van der Waals surface area contributed by atoms with Crippen LogP contribution < -0.4 is 10.1 Å². The Hall–Kier alpha value is -1.06. The zero-order valence-corrected chi connectivity index (χ0v) is 15.6. The van der Waals surface area contributed by atoms with E-state index in [9.17, 15) is 0 Å². The lowest BCUT2D eigenvalue weighted by molar-refractivity contribution is 0.0679. The molecular formula is C21H35NO2. The summed E-state index contributed by atoms with van der Waals surface area (Å²) >= 11 is 0. The van der Waals surface area contributed by atoms with Crippen LogP contribution in [0.4, 0.5) is 0 Å².